The number of nitrogens with one attached hydrogen (secondary N) is 1. The zero-order valence-electron chi connectivity index (χ0n) is 14.4. The Morgan fingerprint density at radius 1 is 1.19 bits per heavy atom. The minimum Gasteiger partial charge on any atom is -0.356 e. The van der Waals surface area contributed by atoms with Gasteiger partial charge in [-0.2, -0.15) is 0 Å². The van der Waals surface area contributed by atoms with Crippen LogP contribution in [0.3, 0.4) is 0 Å². The van der Waals surface area contributed by atoms with Crippen LogP contribution >= 0.6 is 0 Å². The summed E-state index contributed by atoms with van der Waals surface area (Å²) >= 11 is 0. The lowest BCUT2D eigenvalue weighted by molar-refractivity contribution is 0.140. The van der Waals surface area contributed by atoms with Crippen molar-refractivity contribution in [1.29, 1.82) is 0 Å². The standard InChI is InChI=1S/C17H34N4/c1-14(2)20-9-6-8-16(13-20)11-19-17(18-4)21-10-5-7-15(3)12-21/h14-16H,5-13H2,1-4H3,(H,18,19). The molecule has 2 rings (SSSR count). The van der Waals surface area contributed by atoms with Gasteiger partial charge < -0.3 is 15.1 Å². The Morgan fingerprint density at radius 3 is 2.62 bits per heavy atom. The number of hydrogen-bond donors (Lipinski definition) is 1. The number of hydrogen-bond acceptors (Lipinski definition) is 2. The van der Waals surface area contributed by atoms with Gasteiger partial charge in [-0.1, -0.05) is 6.92 Å². The number of rotatable bonds is 3. The van der Waals surface area contributed by atoms with Crippen LogP contribution in [-0.2, 0) is 0 Å². The van der Waals surface area contributed by atoms with Gasteiger partial charge in [-0.05, 0) is 57.9 Å². The molecule has 0 saturated carbocycles. The molecule has 2 fully saturated rings. The maximum atomic E-state index is 4.50. The van der Waals surface area contributed by atoms with Gasteiger partial charge in [0.15, 0.2) is 5.96 Å². The molecule has 0 spiro atoms. The van der Waals surface area contributed by atoms with Crippen LogP contribution in [0.15, 0.2) is 4.99 Å². The summed E-state index contributed by atoms with van der Waals surface area (Å²) < 4.78 is 0. The third kappa shape index (κ3) is 4.87. The molecule has 2 heterocycles. The summed E-state index contributed by atoms with van der Waals surface area (Å²) in [5.74, 6) is 2.67. The van der Waals surface area contributed by atoms with Gasteiger partial charge in [-0.3, -0.25) is 4.99 Å². The van der Waals surface area contributed by atoms with Gasteiger partial charge in [0.25, 0.3) is 0 Å². The highest BCUT2D eigenvalue weighted by atomic mass is 15.3. The van der Waals surface area contributed by atoms with Crippen molar-refractivity contribution in [3.05, 3.63) is 0 Å². The van der Waals surface area contributed by atoms with Crippen LogP contribution in [-0.4, -0.2) is 61.6 Å². The zero-order valence-corrected chi connectivity index (χ0v) is 14.4. The molecule has 0 radical (unpaired) electrons. The first-order chi connectivity index (χ1) is 10.1. The molecule has 4 heteroatoms. The SMILES string of the molecule is CN=C(NCC1CCCN(C(C)C)C1)N1CCCC(C)C1. The lowest BCUT2D eigenvalue weighted by Gasteiger charge is -2.37. The second-order valence-electron chi connectivity index (χ2n) is 7.22. The van der Waals surface area contributed by atoms with Crippen LogP contribution in [0.5, 0.6) is 0 Å². The van der Waals surface area contributed by atoms with Crippen molar-refractivity contribution in [2.24, 2.45) is 16.8 Å². The van der Waals surface area contributed by atoms with E-state index in [0.29, 0.717) is 6.04 Å². The highest BCUT2D eigenvalue weighted by Crippen LogP contribution is 2.18. The van der Waals surface area contributed by atoms with Gasteiger partial charge in [-0.15, -0.1) is 0 Å². The molecule has 122 valence electrons. The molecule has 0 amide bonds. The number of likely N-dealkylation sites (tertiary alicyclic amines) is 2. The van der Waals surface area contributed by atoms with E-state index in [1.54, 1.807) is 0 Å². The fourth-order valence-electron chi connectivity index (χ4n) is 3.68. The molecular formula is C17H34N4. The summed E-state index contributed by atoms with van der Waals surface area (Å²) in [6.07, 6.45) is 5.35. The van der Waals surface area contributed by atoms with E-state index in [1.165, 1.54) is 38.8 Å². The maximum absolute atomic E-state index is 4.50. The predicted octanol–water partition coefficient (Wildman–Crippen LogP) is 2.41. The molecule has 2 aliphatic rings. The average Bonchev–Trinajstić information content (AvgIpc) is 2.48. The van der Waals surface area contributed by atoms with Gasteiger partial charge in [0.2, 0.25) is 0 Å². The van der Waals surface area contributed by atoms with Crippen LogP contribution in [0.2, 0.25) is 0 Å². The quantitative estimate of drug-likeness (QED) is 0.640. The van der Waals surface area contributed by atoms with Crippen LogP contribution in [0.4, 0.5) is 0 Å². The molecule has 0 aromatic carbocycles. The first kappa shape index (κ1) is 16.6. The number of piperidine rings is 2. The van der Waals surface area contributed by atoms with Gasteiger partial charge in [0, 0.05) is 39.3 Å². The molecule has 0 aromatic heterocycles. The second kappa shape index (κ2) is 8.02. The predicted molar refractivity (Wildman–Crippen MR) is 90.8 cm³/mol. The molecule has 2 saturated heterocycles. The Labute approximate surface area is 131 Å². The first-order valence-corrected chi connectivity index (χ1v) is 8.79. The average molecular weight is 294 g/mol. The summed E-state index contributed by atoms with van der Waals surface area (Å²) in [4.78, 5) is 9.56. The third-order valence-electron chi connectivity index (χ3n) is 5.00. The summed E-state index contributed by atoms with van der Waals surface area (Å²) in [5.41, 5.74) is 0. The Kier molecular flexibility index (Phi) is 6.34. The lowest BCUT2D eigenvalue weighted by atomic mass is 9.97. The fraction of sp³-hybridized carbons (Fsp3) is 0.941. The van der Waals surface area contributed by atoms with E-state index in [0.717, 1.165) is 37.4 Å². The van der Waals surface area contributed by atoms with Crippen molar-refractivity contribution in [3.8, 4) is 0 Å². The molecule has 0 aliphatic carbocycles. The Morgan fingerprint density at radius 2 is 1.95 bits per heavy atom. The van der Waals surface area contributed by atoms with E-state index in [9.17, 15) is 0 Å². The fourth-order valence-corrected chi connectivity index (χ4v) is 3.68. The van der Waals surface area contributed by atoms with Gasteiger partial charge in [0.05, 0.1) is 0 Å². The van der Waals surface area contributed by atoms with Gasteiger partial charge in [-0.25, -0.2) is 0 Å². The van der Waals surface area contributed by atoms with E-state index in [1.807, 2.05) is 7.05 Å². The zero-order chi connectivity index (χ0) is 15.2. The molecule has 2 unspecified atom stereocenters. The highest BCUT2D eigenvalue weighted by Gasteiger charge is 2.23. The Bertz CT molecular complexity index is 340. The van der Waals surface area contributed by atoms with Gasteiger partial charge in [0.1, 0.15) is 0 Å². The van der Waals surface area contributed by atoms with Crippen molar-refractivity contribution in [2.75, 3.05) is 39.8 Å². The molecular weight excluding hydrogens is 260 g/mol. The summed E-state index contributed by atoms with van der Waals surface area (Å²) in [7, 11) is 1.92. The molecule has 2 atom stereocenters. The minimum absolute atomic E-state index is 0.676. The smallest absolute Gasteiger partial charge is 0.193 e. The second-order valence-corrected chi connectivity index (χ2v) is 7.22. The molecule has 1 N–H and O–H groups in total. The van der Waals surface area contributed by atoms with E-state index >= 15 is 0 Å². The largest absolute Gasteiger partial charge is 0.356 e. The van der Waals surface area contributed by atoms with Crippen LogP contribution < -0.4 is 5.32 Å². The van der Waals surface area contributed by atoms with E-state index in [4.69, 9.17) is 0 Å². The number of nitrogens with zero attached hydrogens (tertiary/aromatic N) is 3. The summed E-state index contributed by atoms with van der Waals surface area (Å²) in [5, 5.41) is 3.64. The van der Waals surface area contributed by atoms with Crippen molar-refractivity contribution in [1.82, 2.24) is 15.1 Å². The molecule has 4 nitrogen and oxygen atoms in total. The molecule has 0 bridgehead atoms. The van der Waals surface area contributed by atoms with Gasteiger partial charge >= 0.3 is 0 Å². The minimum atomic E-state index is 0.676. The van der Waals surface area contributed by atoms with Crippen molar-refractivity contribution in [2.45, 2.75) is 52.5 Å². The normalized spacial score (nSPS) is 29.0. The summed E-state index contributed by atoms with van der Waals surface area (Å²) in [6.45, 7) is 12.9. The van der Waals surface area contributed by atoms with E-state index in [-0.39, 0.29) is 0 Å². The van der Waals surface area contributed by atoms with Crippen LogP contribution in [0, 0.1) is 11.8 Å². The molecule has 0 aromatic rings. The monoisotopic (exact) mass is 294 g/mol. The number of aliphatic imine (C=N–C) groups is 1. The van der Waals surface area contributed by atoms with Crippen LogP contribution in [0.25, 0.3) is 0 Å². The Hall–Kier alpha value is -0.770. The van der Waals surface area contributed by atoms with Crippen molar-refractivity contribution >= 4 is 5.96 Å². The molecule has 2 aliphatic heterocycles. The topological polar surface area (TPSA) is 30.9 Å². The van der Waals surface area contributed by atoms with E-state index < -0.39 is 0 Å². The first-order valence-electron chi connectivity index (χ1n) is 8.79. The van der Waals surface area contributed by atoms with Crippen molar-refractivity contribution < 1.29 is 0 Å². The lowest BCUT2D eigenvalue weighted by Crippen LogP contribution is -2.49. The summed E-state index contributed by atoms with van der Waals surface area (Å²) in [6, 6.07) is 0.676. The molecule has 21 heavy (non-hydrogen) atoms. The highest BCUT2D eigenvalue weighted by molar-refractivity contribution is 5.79. The van der Waals surface area contributed by atoms with Crippen LogP contribution in [0.1, 0.15) is 46.5 Å². The van der Waals surface area contributed by atoms with E-state index in [2.05, 4.69) is 40.9 Å². The Balaban J connectivity index is 1.80. The number of guanidine groups is 1. The van der Waals surface area contributed by atoms with Crippen molar-refractivity contribution in [3.63, 3.8) is 0 Å². The maximum Gasteiger partial charge on any atom is 0.193 e. The third-order valence-corrected chi connectivity index (χ3v) is 5.00.